The lowest BCUT2D eigenvalue weighted by molar-refractivity contribution is -0.139. The van der Waals surface area contributed by atoms with Crippen LogP contribution in [-0.2, 0) is 9.59 Å². The van der Waals surface area contributed by atoms with E-state index in [4.69, 9.17) is 0 Å². The number of carbonyl (C=O) groups excluding carboxylic acids is 2. The second-order valence-electron chi connectivity index (χ2n) is 5.61. The first kappa shape index (κ1) is 12.4. The van der Waals surface area contributed by atoms with Crippen LogP contribution in [0.3, 0.4) is 0 Å². The maximum atomic E-state index is 12.0. The van der Waals surface area contributed by atoms with E-state index in [1.807, 2.05) is 13.8 Å². The standard InChI is InChI=1S/C13H22N2O2/c1-8(2)10-12(16)15-11(13(17)14-10)9-6-4-3-5-7-9/h8-11H,3-7H2,1-2H3,(H,14,17)(H,15,16). The topological polar surface area (TPSA) is 58.2 Å². The molecule has 2 unspecified atom stereocenters. The fourth-order valence-corrected chi connectivity index (χ4v) is 2.89. The number of rotatable bonds is 2. The highest BCUT2D eigenvalue weighted by Gasteiger charge is 2.39. The lowest BCUT2D eigenvalue weighted by atomic mass is 9.82. The van der Waals surface area contributed by atoms with E-state index < -0.39 is 0 Å². The van der Waals surface area contributed by atoms with Crippen LogP contribution in [-0.4, -0.2) is 23.9 Å². The summed E-state index contributed by atoms with van der Waals surface area (Å²) in [6, 6.07) is -0.653. The Balaban J connectivity index is 2.01. The van der Waals surface area contributed by atoms with E-state index in [9.17, 15) is 9.59 Å². The Labute approximate surface area is 103 Å². The molecular formula is C13H22N2O2. The van der Waals surface area contributed by atoms with Gasteiger partial charge in [-0.3, -0.25) is 9.59 Å². The van der Waals surface area contributed by atoms with Gasteiger partial charge < -0.3 is 10.6 Å². The van der Waals surface area contributed by atoms with Gasteiger partial charge in [-0.1, -0.05) is 33.1 Å². The highest BCUT2D eigenvalue weighted by molar-refractivity contribution is 5.97. The molecule has 96 valence electrons. The average Bonchev–Trinajstić information content (AvgIpc) is 2.32. The largest absolute Gasteiger partial charge is 0.342 e. The van der Waals surface area contributed by atoms with E-state index in [-0.39, 0.29) is 29.8 Å². The second-order valence-corrected chi connectivity index (χ2v) is 5.61. The minimum Gasteiger partial charge on any atom is -0.342 e. The first-order valence-corrected chi connectivity index (χ1v) is 6.70. The molecule has 1 heterocycles. The van der Waals surface area contributed by atoms with Crippen molar-refractivity contribution in [3.8, 4) is 0 Å². The maximum Gasteiger partial charge on any atom is 0.243 e. The number of nitrogens with one attached hydrogen (secondary N) is 2. The molecular weight excluding hydrogens is 216 g/mol. The number of hydrogen-bond acceptors (Lipinski definition) is 2. The smallest absolute Gasteiger partial charge is 0.243 e. The van der Waals surface area contributed by atoms with E-state index in [1.54, 1.807) is 0 Å². The van der Waals surface area contributed by atoms with Gasteiger partial charge in [0.2, 0.25) is 11.8 Å². The van der Waals surface area contributed by atoms with Crippen molar-refractivity contribution in [2.75, 3.05) is 0 Å². The summed E-state index contributed by atoms with van der Waals surface area (Å²) in [5, 5.41) is 5.78. The highest BCUT2D eigenvalue weighted by atomic mass is 16.2. The van der Waals surface area contributed by atoms with Crippen molar-refractivity contribution in [1.82, 2.24) is 10.6 Å². The summed E-state index contributed by atoms with van der Waals surface area (Å²) in [5.74, 6) is 0.470. The number of amides is 2. The molecule has 2 fully saturated rings. The summed E-state index contributed by atoms with van der Waals surface area (Å²) in [4.78, 5) is 23.9. The molecule has 2 rings (SSSR count). The molecule has 1 aliphatic heterocycles. The van der Waals surface area contributed by atoms with Gasteiger partial charge in [0.25, 0.3) is 0 Å². The van der Waals surface area contributed by atoms with Crippen molar-refractivity contribution < 1.29 is 9.59 Å². The predicted molar refractivity (Wildman–Crippen MR) is 65.3 cm³/mol. The highest BCUT2D eigenvalue weighted by Crippen LogP contribution is 2.27. The van der Waals surface area contributed by atoms with Crippen LogP contribution in [0.1, 0.15) is 46.0 Å². The molecule has 0 radical (unpaired) electrons. The van der Waals surface area contributed by atoms with Crippen molar-refractivity contribution >= 4 is 11.8 Å². The van der Waals surface area contributed by atoms with E-state index in [2.05, 4.69) is 10.6 Å². The van der Waals surface area contributed by atoms with Crippen LogP contribution in [0.2, 0.25) is 0 Å². The molecule has 1 saturated carbocycles. The van der Waals surface area contributed by atoms with Crippen LogP contribution in [0.4, 0.5) is 0 Å². The molecule has 4 heteroatoms. The van der Waals surface area contributed by atoms with Crippen LogP contribution < -0.4 is 10.6 Å². The van der Waals surface area contributed by atoms with Gasteiger partial charge in [-0.2, -0.15) is 0 Å². The Morgan fingerprint density at radius 1 is 1.00 bits per heavy atom. The first-order valence-electron chi connectivity index (χ1n) is 6.70. The molecule has 17 heavy (non-hydrogen) atoms. The molecule has 2 N–H and O–H groups in total. The predicted octanol–water partition coefficient (Wildman–Crippen LogP) is 1.21. The van der Waals surface area contributed by atoms with Gasteiger partial charge in [0, 0.05) is 0 Å². The molecule has 2 amide bonds. The van der Waals surface area contributed by atoms with Crippen molar-refractivity contribution in [2.45, 2.75) is 58.0 Å². The second kappa shape index (κ2) is 5.07. The molecule has 1 saturated heterocycles. The molecule has 4 nitrogen and oxygen atoms in total. The number of carbonyl (C=O) groups is 2. The third kappa shape index (κ3) is 2.61. The fourth-order valence-electron chi connectivity index (χ4n) is 2.89. The Bertz CT molecular complexity index is 309. The molecule has 0 bridgehead atoms. The van der Waals surface area contributed by atoms with Gasteiger partial charge in [0.15, 0.2) is 0 Å². The lowest BCUT2D eigenvalue weighted by Gasteiger charge is -2.36. The van der Waals surface area contributed by atoms with E-state index in [0.717, 1.165) is 12.8 Å². The zero-order chi connectivity index (χ0) is 12.4. The van der Waals surface area contributed by atoms with Gasteiger partial charge in [-0.25, -0.2) is 0 Å². The Morgan fingerprint density at radius 3 is 2.24 bits per heavy atom. The van der Waals surface area contributed by atoms with Crippen molar-refractivity contribution in [3.63, 3.8) is 0 Å². The number of piperazine rings is 1. The van der Waals surface area contributed by atoms with E-state index in [1.165, 1.54) is 19.3 Å². The fraction of sp³-hybridized carbons (Fsp3) is 0.846. The zero-order valence-electron chi connectivity index (χ0n) is 10.7. The summed E-state index contributed by atoms with van der Waals surface area (Å²) in [6.07, 6.45) is 5.73. The van der Waals surface area contributed by atoms with Crippen LogP contribution >= 0.6 is 0 Å². The summed E-state index contributed by atoms with van der Waals surface area (Å²) in [7, 11) is 0. The van der Waals surface area contributed by atoms with E-state index >= 15 is 0 Å². The monoisotopic (exact) mass is 238 g/mol. The molecule has 1 aliphatic carbocycles. The minimum atomic E-state index is -0.359. The normalized spacial score (nSPS) is 31.2. The SMILES string of the molecule is CC(C)C1NC(=O)C(C2CCCCC2)NC1=O. The van der Waals surface area contributed by atoms with E-state index in [0.29, 0.717) is 5.92 Å². The van der Waals surface area contributed by atoms with Gasteiger partial charge >= 0.3 is 0 Å². The zero-order valence-corrected chi connectivity index (χ0v) is 10.7. The van der Waals surface area contributed by atoms with Gasteiger partial charge in [0.1, 0.15) is 12.1 Å². The third-order valence-corrected chi connectivity index (χ3v) is 3.95. The Kier molecular flexibility index (Phi) is 3.69. The average molecular weight is 238 g/mol. The van der Waals surface area contributed by atoms with Crippen LogP contribution in [0.15, 0.2) is 0 Å². The maximum absolute atomic E-state index is 12.0. The third-order valence-electron chi connectivity index (χ3n) is 3.95. The summed E-state index contributed by atoms with van der Waals surface area (Å²) in [6.45, 7) is 3.90. The lowest BCUT2D eigenvalue weighted by Crippen LogP contribution is -2.65. The molecule has 0 aromatic heterocycles. The van der Waals surface area contributed by atoms with Crippen LogP contribution in [0.25, 0.3) is 0 Å². The van der Waals surface area contributed by atoms with Gasteiger partial charge in [-0.05, 0) is 24.7 Å². The Hall–Kier alpha value is -1.06. The summed E-state index contributed by atoms with van der Waals surface area (Å²) >= 11 is 0. The van der Waals surface area contributed by atoms with Gasteiger partial charge in [0.05, 0.1) is 0 Å². The van der Waals surface area contributed by atoms with Crippen molar-refractivity contribution in [3.05, 3.63) is 0 Å². The number of hydrogen-bond donors (Lipinski definition) is 2. The van der Waals surface area contributed by atoms with Crippen LogP contribution in [0.5, 0.6) is 0 Å². The van der Waals surface area contributed by atoms with Crippen molar-refractivity contribution in [2.24, 2.45) is 11.8 Å². The molecule has 2 aliphatic rings. The van der Waals surface area contributed by atoms with Gasteiger partial charge in [-0.15, -0.1) is 0 Å². The quantitative estimate of drug-likeness (QED) is 0.759. The summed E-state index contributed by atoms with van der Waals surface area (Å²) in [5.41, 5.74) is 0. The minimum absolute atomic E-state index is 0.00944. The molecule has 2 atom stereocenters. The molecule has 0 spiro atoms. The Morgan fingerprint density at radius 2 is 1.65 bits per heavy atom. The summed E-state index contributed by atoms with van der Waals surface area (Å²) < 4.78 is 0. The van der Waals surface area contributed by atoms with Crippen molar-refractivity contribution in [1.29, 1.82) is 0 Å². The first-order chi connectivity index (χ1) is 8.09. The molecule has 0 aromatic rings. The molecule has 0 aromatic carbocycles. The van der Waals surface area contributed by atoms with Crippen LogP contribution in [0, 0.1) is 11.8 Å².